The van der Waals surface area contributed by atoms with E-state index in [4.69, 9.17) is 0 Å². The van der Waals surface area contributed by atoms with Crippen molar-refractivity contribution < 1.29 is 14.7 Å². The molecule has 0 saturated carbocycles. The average molecular weight is 273 g/mol. The molecule has 0 spiro atoms. The molecule has 0 aromatic rings. The van der Waals surface area contributed by atoms with Crippen molar-refractivity contribution in [2.75, 3.05) is 14.1 Å². The van der Waals surface area contributed by atoms with Crippen LogP contribution in [0.5, 0.6) is 0 Å². The lowest BCUT2D eigenvalue weighted by Gasteiger charge is -2.27. The Hall–Kier alpha value is -1.14. The van der Waals surface area contributed by atoms with Gasteiger partial charge in [0.1, 0.15) is 6.04 Å². The Morgan fingerprint density at radius 2 is 1.68 bits per heavy atom. The van der Waals surface area contributed by atoms with Crippen molar-refractivity contribution in [2.24, 2.45) is 5.92 Å². The van der Waals surface area contributed by atoms with Crippen LogP contribution in [0.1, 0.15) is 34.1 Å². The summed E-state index contributed by atoms with van der Waals surface area (Å²) in [4.78, 5) is 23.8. The fraction of sp³-hybridized carbons (Fsp3) is 0.846. The van der Waals surface area contributed by atoms with E-state index in [1.54, 1.807) is 20.9 Å². The molecule has 2 amide bonds. The maximum Gasteiger partial charge on any atom is 0.242 e. The first-order valence-corrected chi connectivity index (χ1v) is 6.54. The zero-order valence-corrected chi connectivity index (χ0v) is 12.7. The first-order chi connectivity index (χ1) is 8.62. The second kappa shape index (κ2) is 7.45. The Labute approximate surface area is 115 Å². The first-order valence-electron chi connectivity index (χ1n) is 6.54. The number of likely N-dealkylation sites (N-methyl/N-ethyl adjacent to an activating group) is 2. The van der Waals surface area contributed by atoms with E-state index >= 15 is 0 Å². The second-order valence-corrected chi connectivity index (χ2v) is 5.70. The molecule has 0 aromatic carbocycles. The van der Waals surface area contributed by atoms with Gasteiger partial charge in [0.25, 0.3) is 0 Å². The molecule has 0 aliphatic heterocycles. The van der Waals surface area contributed by atoms with Crippen molar-refractivity contribution in [1.82, 2.24) is 16.0 Å². The molecule has 0 bridgehead atoms. The van der Waals surface area contributed by atoms with Crippen LogP contribution < -0.4 is 16.0 Å². The number of rotatable bonds is 7. The molecule has 2 atom stereocenters. The van der Waals surface area contributed by atoms with Crippen molar-refractivity contribution in [3.8, 4) is 0 Å². The lowest BCUT2D eigenvalue weighted by molar-refractivity contribution is -0.131. The van der Waals surface area contributed by atoms with Crippen molar-refractivity contribution in [3.05, 3.63) is 0 Å². The van der Waals surface area contributed by atoms with Crippen LogP contribution in [0.15, 0.2) is 0 Å². The Kier molecular flexibility index (Phi) is 7.00. The van der Waals surface area contributed by atoms with E-state index in [0.717, 1.165) is 0 Å². The number of hydrogen-bond donors (Lipinski definition) is 4. The molecular weight excluding hydrogens is 246 g/mol. The minimum Gasteiger partial charge on any atom is -0.390 e. The van der Waals surface area contributed by atoms with E-state index in [-0.39, 0.29) is 24.2 Å². The highest BCUT2D eigenvalue weighted by Gasteiger charge is 2.29. The fourth-order valence-corrected chi connectivity index (χ4v) is 1.77. The van der Waals surface area contributed by atoms with Crippen LogP contribution >= 0.6 is 0 Å². The molecule has 0 unspecified atom stereocenters. The van der Waals surface area contributed by atoms with Crippen LogP contribution in [-0.4, -0.2) is 48.7 Å². The van der Waals surface area contributed by atoms with Gasteiger partial charge in [-0.3, -0.25) is 9.59 Å². The van der Waals surface area contributed by atoms with Gasteiger partial charge in [-0.05, 0) is 33.2 Å². The third-order valence-corrected chi connectivity index (χ3v) is 2.86. The minimum atomic E-state index is -0.953. The topological polar surface area (TPSA) is 90.5 Å². The number of hydrogen-bond acceptors (Lipinski definition) is 4. The molecule has 0 rings (SSSR count). The summed E-state index contributed by atoms with van der Waals surface area (Å²) in [7, 11) is 3.19. The molecule has 0 aliphatic rings. The van der Waals surface area contributed by atoms with E-state index < -0.39 is 17.7 Å². The van der Waals surface area contributed by atoms with Crippen LogP contribution in [0.4, 0.5) is 0 Å². The van der Waals surface area contributed by atoms with Crippen LogP contribution in [0.25, 0.3) is 0 Å². The summed E-state index contributed by atoms with van der Waals surface area (Å²) in [5.41, 5.74) is -0.953. The minimum absolute atomic E-state index is 0.0106. The summed E-state index contributed by atoms with van der Waals surface area (Å²) in [6, 6.07) is -1.11. The smallest absolute Gasteiger partial charge is 0.242 e. The molecule has 6 nitrogen and oxygen atoms in total. The standard InChI is InChI=1S/C13H27N3O3/c1-8(2)10(12(18)15-6)16-11(17)9(14-5)7-13(3,4)19/h8-10,14,19H,7H2,1-6H3,(H,15,18)(H,16,17)/t9-,10-/m0/s1. The van der Waals surface area contributed by atoms with Crippen LogP contribution in [0.3, 0.4) is 0 Å². The van der Waals surface area contributed by atoms with Gasteiger partial charge in [-0.1, -0.05) is 13.8 Å². The molecule has 0 aliphatic carbocycles. The van der Waals surface area contributed by atoms with Gasteiger partial charge in [0, 0.05) is 7.05 Å². The molecule has 0 heterocycles. The van der Waals surface area contributed by atoms with Gasteiger partial charge < -0.3 is 21.1 Å². The summed E-state index contributed by atoms with van der Waals surface area (Å²) < 4.78 is 0. The van der Waals surface area contributed by atoms with Crippen LogP contribution in [-0.2, 0) is 9.59 Å². The Balaban J connectivity index is 4.74. The highest BCUT2D eigenvalue weighted by atomic mass is 16.3. The lowest BCUT2D eigenvalue weighted by Crippen LogP contribution is -2.54. The molecule has 0 radical (unpaired) electrons. The monoisotopic (exact) mass is 273 g/mol. The van der Waals surface area contributed by atoms with Crippen molar-refractivity contribution in [1.29, 1.82) is 0 Å². The van der Waals surface area contributed by atoms with E-state index in [0.29, 0.717) is 0 Å². The number of aliphatic hydroxyl groups is 1. The number of carbonyl (C=O) groups excluding carboxylic acids is 2. The lowest BCUT2D eigenvalue weighted by atomic mass is 9.97. The fourth-order valence-electron chi connectivity index (χ4n) is 1.77. The number of carbonyl (C=O) groups is 2. The normalized spacial score (nSPS) is 14.9. The van der Waals surface area contributed by atoms with Gasteiger partial charge in [-0.25, -0.2) is 0 Å². The van der Waals surface area contributed by atoms with Crippen molar-refractivity contribution in [3.63, 3.8) is 0 Å². The van der Waals surface area contributed by atoms with E-state index in [2.05, 4.69) is 16.0 Å². The molecule has 0 saturated heterocycles. The molecule has 112 valence electrons. The maximum absolute atomic E-state index is 12.1. The quantitative estimate of drug-likeness (QED) is 0.509. The number of amides is 2. The van der Waals surface area contributed by atoms with Gasteiger partial charge in [0.2, 0.25) is 11.8 Å². The molecule has 6 heteroatoms. The summed E-state index contributed by atoms with van der Waals surface area (Å²) in [6.45, 7) is 7.02. The molecular formula is C13H27N3O3. The Morgan fingerprint density at radius 1 is 1.16 bits per heavy atom. The second-order valence-electron chi connectivity index (χ2n) is 5.70. The zero-order chi connectivity index (χ0) is 15.2. The predicted octanol–water partition coefficient (Wildman–Crippen LogP) is -0.378. The summed E-state index contributed by atoms with van der Waals surface area (Å²) in [6.07, 6.45) is 0.272. The highest BCUT2D eigenvalue weighted by Crippen LogP contribution is 2.11. The number of nitrogens with one attached hydrogen (secondary N) is 3. The van der Waals surface area contributed by atoms with Crippen LogP contribution in [0, 0.1) is 5.92 Å². The first kappa shape index (κ1) is 17.9. The van der Waals surface area contributed by atoms with E-state index in [1.165, 1.54) is 7.05 Å². The third kappa shape index (κ3) is 6.54. The van der Waals surface area contributed by atoms with Crippen LogP contribution in [0.2, 0.25) is 0 Å². The molecule has 19 heavy (non-hydrogen) atoms. The summed E-state index contributed by atoms with van der Waals surface area (Å²) in [5, 5.41) is 17.9. The molecule has 4 N–H and O–H groups in total. The third-order valence-electron chi connectivity index (χ3n) is 2.86. The van der Waals surface area contributed by atoms with Gasteiger partial charge in [-0.2, -0.15) is 0 Å². The van der Waals surface area contributed by atoms with Gasteiger partial charge in [0.05, 0.1) is 11.6 Å². The molecule has 0 aromatic heterocycles. The Bertz CT molecular complexity index is 311. The SMILES string of the molecule is CNC(=O)[C@@H](NC(=O)[C@H](CC(C)(C)O)NC)C(C)C. The van der Waals surface area contributed by atoms with Gasteiger partial charge in [0.15, 0.2) is 0 Å². The predicted molar refractivity (Wildman–Crippen MR) is 74.6 cm³/mol. The zero-order valence-electron chi connectivity index (χ0n) is 12.7. The summed E-state index contributed by atoms with van der Waals surface area (Å²) in [5.74, 6) is -0.517. The van der Waals surface area contributed by atoms with E-state index in [1.807, 2.05) is 13.8 Å². The van der Waals surface area contributed by atoms with Crippen molar-refractivity contribution in [2.45, 2.75) is 51.8 Å². The maximum atomic E-state index is 12.1. The van der Waals surface area contributed by atoms with Crippen molar-refractivity contribution >= 4 is 11.8 Å². The van der Waals surface area contributed by atoms with E-state index in [9.17, 15) is 14.7 Å². The largest absolute Gasteiger partial charge is 0.390 e. The Morgan fingerprint density at radius 3 is 2.00 bits per heavy atom. The average Bonchev–Trinajstić information content (AvgIpc) is 2.30. The van der Waals surface area contributed by atoms with Gasteiger partial charge >= 0.3 is 0 Å². The van der Waals surface area contributed by atoms with Gasteiger partial charge in [-0.15, -0.1) is 0 Å². The summed E-state index contributed by atoms with van der Waals surface area (Å²) >= 11 is 0. The highest BCUT2D eigenvalue weighted by molar-refractivity contribution is 5.89. The molecule has 0 fully saturated rings.